The predicted molar refractivity (Wildman–Crippen MR) is 64.0 cm³/mol. The molecule has 1 aromatic carbocycles. The highest BCUT2D eigenvalue weighted by Gasteiger charge is 2.22. The van der Waals surface area contributed by atoms with Crippen LogP contribution in [0.2, 0.25) is 0 Å². The summed E-state index contributed by atoms with van der Waals surface area (Å²) in [5.74, 6) is -0.201. The molecule has 1 aliphatic heterocycles. The summed E-state index contributed by atoms with van der Waals surface area (Å²) in [5, 5.41) is 10.4. The van der Waals surface area contributed by atoms with Gasteiger partial charge in [-0.25, -0.2) is 4.39 Å². The first-order valence-corrected chi connectivity index (χ1v) is 5.88. The summed E-state index contributed by atoms with van der Waals surface area (Å²) < 4.78 is 13.8. The van der Waals surface area contributed by atoms with Crippen molar-refractivity contribution in [2.24, 2.45) is 0 Å². The molecule has 0 radical (unpaired) electrons. The van der Waals surface area contributed by atoms with E-state index < -0.39 is 0 Å². The van der Waals surface area contributed by atoms with Crippen molar-refractivity contribution in [1.29, 1.82) is 0 Å². The molecule has 0 amide bonds. The van der Waals surface area contributed by atoms with Crippen LogP contribution in [0.15, 0.2) is 30.5 Å². The summed E-state index contributed by atoms with van der Waals surface area (Å²) >= 11 is 0. The van der Waals surface area contributed by atoms with Crippen molar-refractivity contribution in [1.82, 2.24) is 15.5 Å². The first-order chi connectivity index (χ1) is 8.36. The van der Waals surface area contributed by atoms with Gasteiger partial charge in [-0.2, -0.15) is 5.10 Å². The van der Waals surface area contributed by atoms with Crippen LogP contribution in [0.3, 0.4) is 0 Å². The number of hydrogen-bond donors (Lipinski definition) is 2. The normalized spacial score (nSPS) is 19.7. The number of hydrogen-bond acceptors (Lipinski definition) is 2. The summed E-state index contributed by atoms with van der Waals surface area (Å²) in [6.45, 7) is 1.01. The molecular formula is C13H14FN3. The summed E-state index contributed by atoms with van der Waals surface area (Å²) in [4.78, 5) is 0. The molecule has 2 N–H and O–H groups in total. The number of aromatic nitrogens is 2. The van der Waals surface area contributed by atoms with Gasteiger partial charge in [-0.3, -0.25) is 5.10 Å². The molecule has 0 aliphatic carbocycles. The summed E-state index contributed by atoms with van der Waals surface area (Å²) in [7, 11) is 0. The van der Waals surface area contributed by atoms with Gasteiger partial charge in [0.15, 0.2) is 0 Å². The van der Waals surface area contributed by atoms with Gasteiger partial charge < -0.3 is 5.32 Å². The zero-order chi connectivity index (χ0) is 11.7. The quantitative estimate of drug-likeness (QED) is 0.834. The summed E-state index contributed by atoms with van der Waals surface area (Å²) in [5.41, 5.74) is 2.47. The minimum Gasteiger partial charge on any atom is -0.309 e. The van der Waals surface area contributed by atoms with E-state index in [-0.39, 0.29) is 11.9 Å². The van der Waals surface area contributed by atoms with Gasteiger partial charge in [0.25, 0.3) is 0 Å². The molecule has 3 nitrogen and oxygen atoms in total. The Balaban J connectivity index is 2.04. The second-order valence-corrected chi connectivity index (χ2v) is 4.33. The number of halogens is 1. The Labute approximate surface area is 99.1 Å². The molecule has 1 aliphatic rings. The van der Waals surface area contributed by atoms with E-state index in [1.54, 1.807) is 18.3 Å². The number of H-pyrrole nitrogens is 1. The van der Waals surface area contributed by atoms with Crippen LogP contribution in [-0.4, -0.2) is 16.7 Å². The molecule has 1 atom stereocenters. The summed E-state index contributed by atoms with van der Waals surface area (Å²) in [6.07, 6.45) is 3.93. The van der Waals surface area contributed by atoms with Crippen LogP contribution >= 0.6 is 0 Å². The maximum atomic E-state index is 13.8. The Morgan fingerprint density at radius 1 is 1.24 bits per heavy atom. The van der Waals surface area contributed by atoms with Crippen LogP contribution in [0, 0.1) is 5.82 Å². The fourth-order valence-corrected chi connectivity index (χ4v) is 2.39. The predicted octanol–water partition coefficient (Wildman–Crippen LogP) is 2.64. The lowest BCUT2D eigenvalue weighted by Gasteiger charge is -2.11. The lowest BCUT2D eigenvalue weighted by Crippen LogP contribution is -2.14. The number of benzene rings is 1. The minimum atomic E-state index is -0.201. The SMILES string of the molecule is Fc1ccccc1-c1cn[nH]c1C1CCCN1. The van der Waals surface area contributed by atoms with E-state index in [1.807, 2.05) is 6.07 Å². The van der Waals surface area contributed by atoms with E-state index in [0.717, 1.165) is 30.6 Å². The van der Waals surface area contributed by atoms with E-state index in [1.165, 1.54) is 6.07 Å². The fourth-order valence-electron chi connectivity index (χ4n) is 2.39. The van der Waals surface area contributed by atoms with Gasteiger partial charge in [-0.1, -0.05) is 18.2 Å². The molecule has 0 bridgehead atoms. The van der Waals surface area contributed by atoms with Crippen molar-refractivity contribution in [3.05, 3.63) is 42.0 Å². The van der Waals surface area contributed by atoms with Crippen LogP contribution < -0.4 is 5.32 Å². The Kier molecular flexibility index (Phi) is 2.65. The monoisotopic (exact) mass is 231 g/mol. The van der Waals surface area contributed by atoms with Gasteiger partial charge in [-0.05, 0) is 25.5 Å². The molecule has 88 valence electrons. The maximum Gasteiger partial charge on any atom is 0.131 e. The summed E-state index contributed by atoms with van der Waals surface area (Å²) in [6, 6.07) is 7.09. The third kappa shape index (κ3) is 1.85. The molecule has 0 saturated carbocycles. The zero-order valence-corrected chi connectivity index (χ0v) is 9.41. The standard InChI is InChI=1S/C13H14FN3/c14-11-5-2-1-4-9(11)10-8-16-17-13(10)12-6-3-7-15-12/h1-2,4-5,8,12,15H,3,6-7H2,(H,16,17). The second kappa shape index (κ2) is 4.30. The highest BCUT2D eigenvalue weighted by Crippen LogP contribution is 2.31. The van der Waals surface area contributed by atoms with E-state index >= 15 is 0 Å². The van der Waals surface area contributed by atoms with E-state index in [9.17, 15) is 4.39 Å². The zero-order valence-electron chi connectivity index (χ0n) is 9.41. The molecule has 1 saturated heterocycles. The van der Waals surface area contributed by atoms with Crippen molar-refractivity contribution in [2.75, 3.05) is 6.54 Å². The molecule has 4 heteroatoms. The van der Waals surface area contributed by atoms with Gasteiger partial charge in [0.2, 0.25) is 0 Å². The smallest absolute Gasteiger partial charge is 0.131 e. The number of nitrogens with one attached hydrogen (secondary N) is 2. The highest BCUT2D eigenvalue weighted by molar-refractivity contribution is 5.66. The maximum absolute atomic E-state index is 13.8. The molecular weight excluding hydrogens is 217 g/mol. The first kappa shape index (κ1) is 10.5. The van der Waals surface area contributed by atoms with E-state index in [4.69, 9.17) is 0 Å². The minimum absolute atomic E-state index is 0.201. The number of nitrogens with zero attached hydrogens (tertiary/aromatic N) is 1. The lowest BCUT2D eigenvalue weighted by molar-refractivity contribution is 0.620. The number of rotatable bonds is 2. The topological polar surface area (TPSA) is 40.7 Å². The average Bonchev–Trinajstić information content (AvgIpc) is 3.00. The Morgan fingerprint density at radius 3 is 2.88 bits per heavy atom. The largest absolute Gasteiger partial charge is 0.309 e. The van der Waals surface area contributed by atoms with E-state index in [0.29, 0.717) is 5.56 Å². The highest BCUT2D eigenvalue weighted by atomic mass is 19.1. The third-order valence-electron chi connectivity index (χ3n) is 3.24. The first-order valence-electron chi connectivity index (χ1n) is 5.88. The van der Waals surface area contributed by atoms with Gasteiger partial charge in [-0.15, -0.1) is 0 Å². The van der Waals surface area contributed by atoms with Crippen molar-refractivity contribution in [3.8, 4) is 11.1 Å². The third-order valence-corrected chi connectivity index (χ3v) is 3.24. The van der Waals surface area contributed by atoms with Crippen LogP contribution in [-0.2, 0) is 0 Å². The van der Waals surface area contributed by atoms with Gasteiger partial charge >= 0.3 is 0 Å². The Bertz CT molecular complexity index is 515. The Hall–Kier alpha value is -1.68. The molecule has 2 aromatic rings. The molecule has 1 fully saturated rings. The average molecular weight is 231 g/mol. The second-order valence-electron chi connectivity index (χ2n) is 4.33. The molecule has 1 aromatic heterocycles. The van der Waals surface area contributed by atoms with Gasteiger partial charge in [0, 0.05) is 17.2 Å². The molecule has 3 rings (SSSR count). The van der Waals surface area contributed by atoms with Crippen molar-refractivity contribution < 1.29 is 4.39 Å². The fraction of sp³-hybridized carbons (Fsp3) is 0.308. The Morgan fingerprint density at radius 2 is 2.12 bits per heavy atom. The van der Waals surface area contributed by atoms with Crippen LogP contribution in [0.4, 0.5) is 4.39 Å². The van der Waals surface area contributed by atoms with Gasteiger partial charge in [0.05, 0.1) is 11.9 Å². The molecule has 0 spiro atoms. The van der Waals surface area contributed by atoms with Crippen molar-refractivity contribution in [2.45, 2.75) is 18.9 Å². The molecule has 1 unspecified atom stereocenters. The molecule has 17 heavy (non-hydrogen) atoms. The van der Waals surface area contributed by atoms with Crippen molar-refractivity contribution in [3.63, 3.8) is 0 Å². The van der Waals surface area contributed by atoms with Crippen molar-refractivity contribution >= 4 is 0 Å². The molecule has 2 heterocycles. The van der Waals surface area contributed by atoms with E-state index in [2.05, 4.69) is 15.5 Å². The number of aromatic amines is 1. The van der Waals surface area contributed by atoms with Gasteiger partial charge in [0.1, 0.15) is 5.82 Å². The lowest BCUT2D eigenvalue weighted by atomic mass is 10.0. The van der Waals surface area contributed by atoms with Crippen LogP contribution in [0.1, 0.15) is 24.6 Å². The van der Waals surface area contributed by atoms with Crippen LogP contribution in [0.25, 0.3) is 11.1 Å². The van der Waals surface area contributed by atoms with Crippen LogP contribution in [0.5, 0.6) is 0 Å².